The van der Waals surface area contributed by atoms with Crippen LogP contribution >= 0.6 is 0 Å². The van der Waals surface area contributed by atoms with Crippen LogP contribution in [0, 0.1) is 0 Å². The topological polar surface area (TPSA) is 51.5 Å². The highest BCUT2D eigenvalue weighted by Crippen LogP contribution is 2.32. The Morgan fingerprint density at radius 1 is 0.935 bits per heavy atom. The SMILES string of the molecule is COC(=O)c1ccc2c(c1)CCN2C(=O)c1cc2ccccc2n1Cc1ccccc1. The van der Waals surface area contributed by atoms with Gasteiger partial charge in [-0.2, -0.15) is 0 Å². The molecular weight excluding hydrogens is 388 g/mol. The van der Waals surface area contributed by atoms with Gasteiger partial charge in [0.2, 0.25) is 0 Å². The van der Waals surface area contributed by atoms with E-state index in [2.05, 4.69) is 22.8 Å². The maximum atomic E-state index is 13.7. The second-order valence-corrected chi connectivity index (χ2v) is 7.70. The average Bonchev–Trinajstić information content (AvgIpc) is 3.40. The van der Waals surface area contributed by atoms with Gasteiger partial charge in [0.05, 0.1) is 12.7 Å². The van der Waals surface area contributed by atoms with Crippen molar-refractivity contribution in [3.8, 4) is 0 Å². The number of amides is 1. The molecule has 1 aliphatic heterocycles. The molecule has 0 aliphatic carbocycles. The maximum absolute atomic E-state index is 13.7. The Morgan fingerprint density at radius 3 is 2.52 bits per heavy atom. The van der Waals surface area contributed by atoms with Gasteiger partial charge in [0.15, 0.2) is 0 Å². The molecule has 3 aromatic carbocycles. The number of ether oxygens (including phenoxy) is 1. The number of methoxy groups -OCH3 is 1. The van der Waals surface area contributed by atoms with Crippen LogP contribution in [-0.2, 0) is 17.7 Å². The molecular formula is C26H22N2O3. The van der Waals surface area contributed by atoms with Gasteiger partial charge in [0.1, 0.15) is 5.69 Å². The third kappa shape index (κ3) is 3.38. The quantitative estimate of drug-likeness (QED) is 0.459. The van der Waals surface area contributed by atoms with Crippen molar-refractivity contribution in [2.75, 3.05) is 18.6 Å². The van der Waals surface area contributed by atoms with Crippen LogP contribution in [0.1, 0.15) is 32.0 Å². The van der Waals surface area contributed by atoms with Gasteiger partial charge in [0, 0.05) is 29.7 Å². The molecule has 0 saturated carbocycles. The third-order valence-electron chi connectivity index (χ3n) is 5.85. The molecule has 1 aliphatic rings. The fraction of sp³-hybridized carbons (Fsp3) is 0.154. The maximum Gasteiger partial charge on any atom is 0.337 e. The molecule has 4 aromatic rings. The van der Waals surface area contributed by atoms with E-state index in [9.17, 15) is 9.59 Å². The van der Waals surface area contributed by atoms with E-state index < -0.39 is 0 Å². The Morgan fingerprint density at radius 2 is 1.71 bits per heavy atom. The highest BCUT2D eigenvalue weighted by Gasteiger charge is 2.29. The number of rotatable bonds is 4. The fourth-order valence-corrected chi connectivity index (χ4v) is 4.32. The van der Waals surface area contributed by atoms with Gasteiger partial charge in [-0.25, -0.2) is 4.79 Å². The fourth-order valence-electron chi connectivity index (χ4n) is 4.32. The Hall–Kier alpha value is -3.86. The molecule has 31 heavy (non-hydrogen) atoms. The Labute approximate surface area is 180 Å². The van der Waals surface area contributed by atoms with Crippen LogP contribution in [-0.4, -0.2) is 30.1 Å². The summed E-state index contributed by atoms with van der Waals surface area (Å²) < 4.78 is 6.91. The first-order valence-corrected chi connectivity index (χ1v) is 10.3. The van der Waals surface area contributed by atoms with Crippen LogP contribution in [0.5, 0.6) is 0 Å². The standard InChI is InChI=1S/C26H22N2O3/c1-31-26(30)21-11-12-23-20(15-21)13-14-27(23)25(29)24-16-19-9-5-6-10-22(19)28(24)17-18-7-3-2-4-8-18/h2-12,15-16H,13-14,17H2,1H3. The second kappa shape index (κ2) is 7.76. The Balaban J connectivity index is 1.54. The predicted octanol–water partition coefficient (Wildman–Crippen LogP) is 4.68. The van der Waals surface area contributed by atoms with E-state index in [0.29, 0.717) is 30.8 Å². The first-order chi connectivity index (χ1) is 15.2. The van der Waals surface area contributed by atoms with E-state index in [4.69, 9.17) is 4.74 Å². The van der Waals surface area contributed by atoms with Crippen LogP contribution in [0.3, 0.4) is 0 Å². The lowest BCUT2D eigenvalue weighted by Crippen LogP contribution is -2.30. The molecule has 0 N–H and O–H groups in total. The number of aromatic nitrogens is 1. The summed E-state index contributed by atoms with van der Waals surface area (Å²) in [7, 11) is 1.37. The van der Waals surface area contributed by atoms with Crippen molar-refractivity contribution in [2.24, 2.45) is 0 Å². The number of benzene rings is 3. The number of nitrogens with zero attached hydrogens (tertiary/aromatic N) is 2. The van der Waals surface area contributed by atoms with E-state index >= 15 is 0 Å². The predicted molar refractivity (Wildman–Crippen MR) is 121 cm³/mol. The van der Waals surface area contributed by atoms with E-state index in [0.717, 1.165) is 27.7 Å². The molecule has 1 amide bonds. The zero-order valence-corrected chi connectivity index (χ0v) is 17.2. The lowest BCUT2D eigenvalue weighted by atomic mass is 10.1. The summed E-state index contributed by atoms with van der Waals surface area (Å²) >= 11 is 0. The second-order valence-electron chi connectivity index (χ2n) is 7.70. The van der Waals surface area contributed by atoms with Crippen LogP contribution in [0.15, 0.2) is 78.9 Å². The van der Waals surface area contributed by atoms with Crippen molar-refractivity contribution in [2.45, 2.75) is 13.0 Å². The molecule has 1 aromatic heterocycles. The molecule has 5 heteroatoms. The smallest absolute Gasteiger partial charge is 0.337 e. The van der Waals surface area contributed by atoms with Crippen molar-refractivity contribution in [3.63, 3.8) is 0 Å². The summed E-state index contributed by atoms with van der Waals surface area (Å²) in [4.78, 5) is 27.4. The molecule has 5 nitrogen and oxygen atoms in total. The zero-order valence-electron chi connectivity index (χ0n) is 17.2. The monoisotopic (exact) mass is 410 g/mol. The minimum absolute atomic E-state index is 0.0308. The van der Waals surface area contributed by atoms with Crippen LogP contribution in [0.4, 0.5) is 5.69 Å². The van der Waals surface area contributed by atoms with Crippen LogP contribution in [0.2, 0.25) is 0 Å². The number of hydrogen-bond donors (Lipinski definition) is 0. The van der Waals surface area contributed by atoms with Crippen molar-refractivity contribution in [1.29, 1.82) is 0 Å². The molecule has 0 fully saturated rings. The zero-order chi connectivity index (χ0) is 21.4. The number of para-hydroxylation sites is 1. The van der Waals surface area contributed by atoms with Crippen LogP contribution in [0.25, 0.3) is 10.9 Å². The molecule has 0 unspecified atom stereocenters. The molecule has 0 spiro atoms. The van der Waals surface area contributed by atoms with Crippen molar-refractivity contribution >= 4 is 28.5 Å². The summed E-state index contributed by atoms with van der Waals surface area (Å²) in [5.41, 5.74) is 5.19. The highest BCUT2D eigenvalue weighted by molar-refractivity contribution is 6.09. The Kier molecular flexibility index (Phi) is 4.79. The normalized spacial score (nSPS) is 12.7. The summed E-state index contributed by atoms with van der Waals surface area (Å²) in [5, 5.41) is 1.04. The largest absolute Gasteiger partial charge is 0.465 e. The van der Waals surface area contributed by atoms with Crippen molar-refractivity contribution < 1.29 is 14.3 Å². The van der Waals surface area contributed by atoms with Gasteiger partial charge in [0.25, 0.3) is 5.91 Å². The number of fused-ring (bicyclic) bond motifs is 2. The number of carbonyl (C=O) groups is 2. The first-order valence-electron chi connectivity index (χ1n) is 10.3. The first kappa shape index (κ1) is 19.1. The number of carbonyl (C=O) groups excluding carboxylic acids is 2. The Bertz CT molecular complexity index is 1290. The molecule has 5 rings (SSSR count). The highest BCUT2D eigenvalue weighted by atomic mass is 16.5. The van der Waals surface area contributed by atoms with Gasteiger partial charge in [-0.15, -0.1) is 0 Å². The van der Waals surface area contributed by atoms with E-state index in [1.807, 2.05) is 59.5 Å². The van der Waals surface area contributed by atoms with E-state index in [1.54, 1.807) is 6.07 Å². The summed E-state index contributed by atoms with van der Waals surface area (Å²) in [6, 6.07) is 25.6. The van der Waals surface area contributed by atoms with Crippen LogP contribution < -0.4 is 4.90 Å². The molecule has 2 heterocycles. The van der Waals surface area contributed by atoms with E-state index in [-0.39, 0.29) is 11.9 Å². The van der Waals surface area contributed by atoms with Gasteiger partial charge in [-0.3, -0.25) is 4.79 Å². The minimum atomic E-state index is -0.365. The molecule has 0 bridgehead atoms. The summed E-state index contributed by atoms with van der Waals surface area (Å²) in [6.07, 6.45) is 0.713. The van der Waals surface area contributed by atoms with E-state index in [1.165, 1.54) is 7.11 Å². The third-order valence-corrected chi connectivity index (χ3v) is 5.85. The lowest BCUT2D eigenvalue weighted by Gasteiger charge is -2.19. The molecule has 0 radical (unpaired) electrons. The van der Waals surface area contributed by atoms with Crippen molar-refractivity contribution in [3.05, 3.63) is 101 Å². The summed E-state index contributed by atoms with van der Waals surface area (Å²) in [6.45, 7) is 1.21. The molecule has 154 valence electrons. The lowest BCUT2D eigenvalue weighted by molar-refractivity contribution is 0.0600. The van der Waals surface area contributed by atoms with Gasteiger partial charge < -0.3 is 14.2 Å². The number of anilines is 1. The number of hydrogen-bond acceptors (Lipinski definition) is 3. The molecule has 0 atom stereocenters. The minimum Gasteiger partial charge on any atom is -0.465 e. The van der Waals surface area contributed by atoms with Crippen molar-refractivity contribution in [1.82, 2.24) is 4.57 Å². The average molecular weight is 410 g/mol. The summed E-state index contributed by atoms with van der Waals surface area (Å²) in [5.74, 6) is -0.396. The number of esters is 1. The van der Waals surface area contributed by atoms with Gasteiger partial charge in [-0.05, 0) is 47.9 Å². The molecule has 0 saturated heterocycles. The van der Waals surface area contributed by atoms with Gasteiger partial charge in [-0.1, -0.05) is 48.5 Å². The van der Waals surface area contributed by atoms with Gasteiger partial charge >= 0.3 is 5.97 Å².